The Balaban J connectivity index is 2.33. The molecule has 1 aliphatic heterocycles. The van der Waals surface area contributed by atoms with E-state index in [2.05, 4.69) is 39.9 Å². The minimum atomic E-state index is 0.347. The van der Waals surface area contributed by atoms with Gasteiger partial charge in [-0.2, -0.15) is 0 Å². The number of nitrogens with one attached hydrogen (secondary N) is 1. The van der Waals surface area contributed by atoms with Gasteiger partial charge in [0, 0.05) is 18.7 Å². The molecule has 1 fully saturated rings. The largest absolute Gasteiger partial charge is 0.378 e. The van der Waals surface area contributed by atoms with E-state index in [0.29, 0.717) is 23.6 Å². The summed E-state index contributed by atoms with van der Waals surface area (Å²) in [6.45, 7) is 12.5. The summed E-state index contributed by atoms with van der Waals surface area (Å²) in [6, 6.07) is 1.16. The molecule has 16 heavy (non-hydrogen) atoms. The molecule has 1 rings (SSSR count). The molecule has 2 heteroatoms. The van der Waals surface area contributed by atoms with Crippen LogP contribution in [0.5, 0.6) is 0 Å². The minimum absolute atomic E-state index is 0.347. The van der Waals surface area contributed by atoms with E-state index >= 15 is 0 Å². The summed E-state index contributed by atoms with van der Waals surface area (Å²) in [5.74, 6) is 0. The topological polar surface area (TPSA) is 21.3 Å². The molecular formula is C14H29NO. The molecule has 0 bridgehead atoms. The van der Waals surface area contributed by atoms with E-state index in [1.165, 1.54) is 19.3 Å². The van der Waals surface area contributed by atoms with Crippen molar-refractivity contribution in [3.63, 3.8) is 0 Å². The zero-order valence-corrected chi connectivity index (χ0v) is 11.7. The standard InChI is InChI=1S/C14H29NO/c1-6-13(14(3,4)5)15-11(2)10-12-8-7-9-16-12/h11-13,15H,6-10H2,1-5H3. The van der Waals surface area contributed by atoms with E-state index in [1.54, 1.807) is 0 Å². The highest BCUT2D eigenvalue weighted by Gasteiger charge is 2.25. The summed E-state index contributed by atoms with van der Waals surface area (Å²) in [5.41, 5.74) is 0.347. The van der Waals surface area contributed by atoms with Crippen LogP contribution in [0.25, 0.3) is 0 Å². The van der Waals surface area contributed by atoms with Gasteiger partial charge in [0.2, 0.25) is 0 Å². The maximum absolute atomic E-state index is 5.68. The molecule has 0 radical (unpaired) electrons. The highest BCUT2D eigenvalue weighted by Crippen LogP contribution is 2.23. The Morgan fingerprint density at radius 3 is 2.50 bits per heavy atom. The smallest absolute Gasteiger partial charge is 0.0590 e. The van der Waals surface area contributed by atoms with Crippen molar-refractivity contribution in [1.29, 1.82) is 0 Å². The highest BCUT2D eigenvalue weighted by atomic mass is 16.5. The summed E-state index contributed by atoms with van der Waals surface area (Å²) < 4.78 is 5.68. The van der Waals surface area contributed by atoms with Gasteiger partial charge >= 0.3 is 0 Å². The molecule has 0 amide bonds. The monoisotopic (exact) mass is 227 g/mol. The van der Waals surface area contributed by atoms with Crippen LogP contribution in [-0.4, -0.2) is 24.8 Å². The third-order valence-corrected chi connectivity index (χ3v) is 3.58. The molecule has 96 valence electrons. The van der Waals surface area contributed by atoms with Gasteiger partial charge in [-0.1, -0.05) is 27.7 Å². The maximum atomic E-state index is 5.68. The van der Waals surface area contributed by atoms with Gasteiger partial charge in [-0.05, 0) is 38.0 Å². The molecule has 0 aliphatic carbocycles. The molecule has 1 N–H and O–H groups in total. The molecular weight excluding hydrogens is 198 g/mol. The van der Waals surface area contributed by atoms with Crippen molar-refractivity contribution >= 4 is 0 Å². The normalized spacial score (nSPS) is 25.7. The molecule has 0 aromatic heterocycles. The van der Waals surface area contributed by atoms with E-state index in [9.17, 15) is 0 Å². The Morgan fingerprint density at radius 2 is 2.06 bits per heavy atom. The SMILES string of the molecule is CCC(NC(C)CC1CCCO1)C(C)(C)C. The van der Waals surface area contributed by atoms with E-state index < -0.39 is 0 Å². The van der Waals surface area contributed by atoms with Gasteiger partial charge < -0.3 is 10.1 Å². The molecule has 0 aromatic carbocycles. The molecule has 3 atom stereocenters. The van der Waals surface area contributed by atoms with E-state index in [0.717, 1.165) is 13.0 Å². The van der Waals surface area contributed by atoms with Gasteiger partial charge in [0.1, 0.15) is 0 Å². The number of ether oxygens (including phenoxy) is 1. The highest BCUT2D eigenvalue weighted by molar-refractivity contribution is 4.83. The predicted molar refractivity (Wildman–Crippen MR) is 69.7 cm³/mol. The first-order valence-corrected chi connectivity index (χ1v) is 6.81. The fourth-order valence-electron chi connectivity index (χ4n) is 2.62. The van der Waals surface area contributed by atoms with Gasteiger partial charge in [-0.25, -0.2) is 0 Å². The predicted octanol–water partition coefficient (Wildman–Crippen LogP) is 3.36. The van der Waals surface area contributed by atoms with Crippen LogP contribution in [0.15, 0.2) is 0 Å². The quantitative estimate of drug-likeness (QED) is 0.777. The molecule has 0 aromatic rings. The van der Waals surface area contributed by atoms with Crippen molar-refractivity contribution in [2.75, 3.05) is 6.61 Å². The lowest BCUT2D eigenvalue weighted by molar-refractivity contribution is 0.0916. The van der Waals surface area contributed by atoms with Crippen LogP contribution in [0.1, 0.15) is 60.3 Å². The van der Waals surface area contributed by atoms with Crippen molar-refractivity contribution in [2.24, 2.45) is 5.41 Å². The van der Waals surface area contributed by atoms with Crippen LogP contribution in [0.3, 0.4) is 0 Å². The first-order chi connectivity index (χ1) is 7.43. The molecule has 0 saturated carbocycles. The zero-order valence-electron chi connectivity index (χ0n) is 11.7. The van der Waals surface area contributed by atoms with Crippen LogP contribution in [0.2, 0.25) is 0 Å². The van der Waals surface area contributed by atoms with Crippen LogP contribution in [0, 0.1) is 5.41 Å². The maximum Gasteiger partial charge on any atom is 0.0590 e. The average molecular weight is 227 g/mol. The lowest BCUT2D eigenvalue weighted by Crippen LogP contribution is -2.45. The van der Waals surface area contributed by atoms with Crippen LogP contribution >= 0.6 is 0 Å². The van der Waals surface area contributed by atoms with Gasteiger partial charge in [-0.15, -0.1) is 0 Å². The van der Waals surface area contributed by atoms with Gasteiger partial charge in [0.25, 0.3) is 0 Å². The minimum Gasteiger partial charge on any atom is -0.378 e. The van der Waals surface area contributed by atoms with Gasteiger partial charge in [0.05, 0.1) is 6.10 Å². The van der Waals surface area contributed by atoms with E-state index in [-0.39, 0.29) is 0 Å². The van der Waals surface area contributed by atoms with Crippen molar-refractivity contribution < 1.29 is 4.74 Å². The fourth-order valence-corrected chi connectivity index (χ4v) is 2.62. The van der Waals surface area contributed by atoms with Crippen molar-refractivity contribution in [3.8, 4) is 0 Å². The molecule has 1 aliphatic rings. The van der Waals surface area contributed by atoms with Gasteiger partial charge in [-0.3, -0.25) is 0 Å². The van der Waals surface area contributed by atoms with Crippen molar-refractivity contribution in [1.82, 2.24) is 5.32 Å². The summed E-state index contributed by atoms with van der Waals surface area (Å²) in [6.07, 6.45) is 5.35. The lowest BCUT2D eigenvalue weighted by atomic mass is 9.84. The van der Waals surface area contributed by atoms with Crippen LogP contribution in [0.4, 0.5) is 0 Å². The average Bonchev–Trinajstić information content (AvgIpc) is 2.64. The first-order valence-electron chi connectivity index (χ1n) is 6.81. The molecule has 1 saturated heterocycles. The van der Waals surface area contributed by atoms with Crippen molar-refractivity contribution in [2.45, 2.75) is 78.5 Å². The van der Waals surface area contributed by atoms with E-state index in [4.69, 9.17) is 4.74 Å². The zero-order chi connectivity index (χ0) is 12.2. The van der Waals surface area contributed by atoms with Crippen LogP contribution < -0.4 is 5.32 Å². The second-order valence-electron chi connectivity index (χ2n) is 6.27. The molecule has 0 spiro atoms. The summed E-state index contributed by atoms with van der Waals surface area (Å²) in [7, 11) is 0. The number of hydrogen-bond acceptors (Lipinski definition) is 2. The lowest BCUT2D eigenvalue weighted by Gasteiger charge is -2.34. The summed E-state index contributed by atoms with van der Waals surface area (Å²) >= 11 is 0. The molecule has 1 heterocycles. The Labute approximate surface area is 101 Å². The Hall–Kier alpha value is -0.0800. The second-order valence-corrected chi connectivity index (χ2v) is 6.27. The Morgan fingerprint density at radius 1 is 1.38 bits per heavy atom. The molecule has 2 nitrogen and oxygen atoms in total. The first kappa shape index (κ1) is 14.0. The second kappa shape index (κ2) is 6.02. The van der Waals surface area contributed by atoms with Crippen LogP contribution in [-0.2, 0) is 4.74 Å². The van der Waals surface area contributed by atoms with Crippen molar-refractivity contribution in [3.05, 3.63) is 0 Å². The van der Waals surface area contributed by atoms with E-state index in [1.807, 2.05) is 0 Å². The number of rotatable bonds is 5. The Kier molecular flexibility index (Phi) is 5.26. The van der Waals surface area contributed by atoms with Gasteiger partial charge in [0.15, 0.2) is 0 Å². The Bertz CT molecular complexity index is 191. The fraction of sp³-hybridized carbons (Fsp3) is 1.00. The number of hydrogen-bond donors (Lipinski definition) is 1. The third kappa shape index (κ3) is 4.42. The summed E-state index contributed by atoms with van der Waals surface area (Å²) in [4.78, 5) is 0. The summed E-state index contributed by atoms with van der Waals surface area (Å²) in [5, 5.41) is 3.75. The molecule has 3 unspecified atom stereocenters. The third-order valence-electron chi connectivity index (χ3n) is 3.58.